The Kier molecular flexibility index (Phi) is 5.47. The highest BCUT2D eigenvalue weighted by Crippen LogP contribution is 2.37. The maximum atomic E-state index is 5.17. The Hall–Kier alpha value is -6.00. The molecular weight excluding hydrogens is 536 g/mol. The van der Waals surface area contributed by atoms with Crippen LogP contribution in [0.5, 0.6) is 0 Å². The van der Waals surface area contributed by atoms with Crippen LogP contribution in [0.1, 0.15) is 0 Å². The average molecular weight is 563 g/mol. The van der Waals surface area contributed by atoms with Gasteiger partial charge in [0.25, 0.3) is 0 Å². The van der Waals surface area contributed by atoms with E-state index in [4.69, 9.17) is 9.97 Å². The second-order valence-electron chi connectivity index (χ2n) is 11.1. The van der Waals surface area contributed by atoms with E-state index < -0.39 is 0 Å². The second-order valence-corrected chi connectivity index (χ2v) is 11.1. The zero-order chi connectivity index (χ0) is 29.0. The number of benzene rings is 6. The fourth-order valence-electron chi connectivity index (χ4n) is 6.56. The number of fused-ring (bicyclic) bond motifs is 6. The zero-order valence-corrected chi connectivity index (χ0v) is 23.8. The molecule has 0 amide bonds. The topological polar surface area (TPSA) is 35.6 Å². The van der Waals surface area contributed by atoms with Crippen molar-refractivity contribution in [1.82, 2.24) is 19.1 Å². The van der Waals surface area contributed by atoms with Crippen LogP contribution in [0.15, 0.2) is 158 Å². The molecule has 0 bridgehead atoms. The largest absolute Gasteiger partial charge is 0.309 e. The van der Waals surface area contributed by atoms with Crippen molar-refractivity contribution >= 4 is 43.6 Å². The molecule has 0 spiro atoms. The molecule has 4 heteroatoms. The first-order valence-corrected chi connectivity index (χ1v) is 14.9. The molecule has 0 radical (unpaired) electrons. The van der Waals surface area contributed by atoms with Crippen molar-refractivity contribution in [2.45, 2.75) is 0 Å². The van der Waals surface area contributed by atoms with Crippen LogP contribution in [0, 0.1) is 0 Å². The smallest absolute Gasteiger partial charge is 0.235 e. The maximum Gasteiger partial charge on any atom is 0.235 e. The van der Waals surface area contributed by atoms with Crippen molar-refractivity contribution in [3.8, 4) is 34.2 Å². The Labute approximate surface area is 254 Å². The summed E-state index contributed by atoms with van der Waals surface area (Å²) in [5.74, 6) is 0.654. The molecule has 9 rings (SSSR count). The molecule has 0 atom stereocenters. The highest BCUT2D eigenvalue weighted by Gasteiger charge is 2.18. The van der Waals surface area contributed by atoms with Gasteiger partial charge in [0.1, 0.15) is 0 Å². The van der Waals surface area contributed by atoms with E-state index in [-0.39, 0.29) is 0 Å². The fraction of sp³-hybridized carbons (Fsp3) is 0. The SMILES string of the molecule is c1ccc(-c2cc(-c3ccccc3)nc(-n3c4ccccc4c4cc(-n5c6ccccc6c6ccccc65)ccc43)n2)cc1. The minimum Gasteiger partial charge on any atom is -0.309 e. The van der Waals surface area contributed by atoms with E-state index in [1.807, 2.05) is 12.1 Å². The Morgan fingerprint density at radius 3 is 1.32 bits per heavy atom. The summed E-state index contributed by atoms with van der Waals surface area (Å²) >= 11 is 0. The molecule has 0 aliphatic rings. The van der Waals surface area contributed by atoms with Gasteiger partial charge in [0.05, 0.1) is 33.5 Å². The molecule has 6 aromatic carbocycles. The molecule has 206 valence electrons. The summed E-state index contributed by atoms with van der Waals surface area (Å²) in [6.07, 6.45) is 0. The predicted molar refractivity (Wildman–Crippen MR) is 182 cm³/mol. The van der Waals surface area contributed by atoms with Crippen molar-refractivity contribution in [2.24, 2.45) is 0 Å². The van der Waals surface area contributed by atoms with Gasteiger partial charge in [0.2, 0.25) is 5.95 Å². The quantitative estimate of drug-likeness (QED) is 0.214. The molecule has 0 unspecified atom stereocenters. The molecule has 4 nitrogen and oxygen atoms in total. The normalized spacial score (nSPS) is 11.6. The van der Waals surface area contributed by atoms with Crippen LogP contribution in [-0.2, 0) is 0 Å². The van der Waals surface area contributed by atoms with Gasteiger partial charge in [0.15, 0.2) is 0 Å². The molecule has 9 aromatic rings. The van der Waals surface area contributed by atoms with Gasteiger partial charge in [-0.3, -0.25) is 4.57 Å². The van der Waals surface area contributed by atoms with Gasteiger partial charge in [-0.05, 0) is 42.5 Å². The van der Waals surface area contributed by atoms with Gasteiger partial charge >= 0.3 is 0 Å². The highest BCUT2D eigenvalue weighted by molar-refractivity contribution is 6.12. The van der Waals surface area contributed by atoms with E-state index in [0.29, 0.717) is 5.95 Å². The minimum absolute atomic E-state index is 0.654. The van der Waals surface area contributed by atoms with Crippen molar-refractivity contribution in [2.75, 3.05) is 0 Å². The van der Waals surface area contributed by atoms with Crippen molar-refractivity contribution in [3.05, 3.63) is 158 Å². The number of para-hydroxylation sites is 3. The third kappa shape index (κ3) is 3.78. The van der Waals surface area contributed by atoms with Crippen LogP contribution >= 0.6 is 0 Å². The van der Waals surface area contributed by atoms with E-state index in [2.05, 4.69) is 155 Å². The summed E-state index contributed by atoms with van der Waals surface area (Å²) in [6.45, 7) is 0. The molecule has 44 heavy (non-hydrogen) atoms. The second kappa shape index (κ2) is 9.79. The number of hydrogen-bond acceptors (Lipinski definition) is 2. The Morgan fingerprint density at radius 2 is 0.773 bits per heavy atom. The van der Waals surface area contributed by atoms with Gasteiger partial charge in [-0.1, -0.05) is 115 Å². The summed E-state index contributed by atoms with van der Waals surface area (Å²) in [5.41, 5.74) is 9.56. The summed E-state index contributed by atoms with van der Waals surface area (Å²) in [5, 5.41) is 4.84. The molecule has 0 fully saturated rings. The molecule has 0 saturated heterocycles. The van der Waals surface area contributed by atoms with Gasteiger partial charge in [-0.2, -0.15) is 0 Å². The van der Waals surface area contributed by atoms with E-state index in [1.54, 1.807) is 0 Å². The molecule has 3 aromatic heterocycles. The first kappa shape index (κ1) is 24.6. The number of rotatable bonds is 4. The lowest BCUT2D eigenvalue weighted by molar-refractivity contribution is 0.995. The lowest BCUT2D eigenvalue weighted by Gasteiger charge is -2.12. The van der Waals surface area contributed by atoms with Crippen LogP contribution < -0.4 is 0 Å². The van der Waals surface area contributed by atoms with E-state index in [0.717, 1.165) is 44.6 Å². The standard InChI is InChI=1S/C40H26N4/c1-3-13-27(14-4-1)34-26-35(28-15-5-2-6-16-28)42-40(41-34)44-38-22-12-9-19-32(38)33-25-29(23-24-39(33)44)43-36-20-10-7-17-30(36)31-18-8-11-21-37(31)43/h1-26H. The summed E-state index contributed by atoms with van der Waals surface area (Å²) < 4.78 is 4.58. The van der Waals surface area contributed by atoms with E-state index in [1.165, 1.54) is 27.2 Å². The van der Waals surface area contributed by atoms with Gasteiger partial charge in [-0.25, -0.2) is 9.97 Å². The lowest BCUT2D eigenvalue weighted by atomic mass is 10.1. The zero-order valence-electron chi connectivity index (χ0n) is 23.8. The van der Waals surface area contributed by atoms with Crippen LogP contribution in [0.25, 0.3) is 77.8 Å². The maximum absolute atomic E-state index is 5.17. The van der Waals surface area contributed by atoms with Crippen molar-refractivity contribution in [1.29, 1.82) is 0 Å². The van der Waals surface area contributed by atoms with Gasteiger partial charge < -0.3 is 4.57 Å². The van der Waals surface area contributed by atoms with Crippen LogP contribution in [-0.4, -0.2) is 19.1 Å². The summed E-state index contributed by atoms with van der Waals surface area (Å²) in [4.78, 5) is 10.3. The van der Waals surface area contributed by atoms with Gasteiger partial charge in [-0.15, -0.1) is 0 Å². The summed E-state index contributed by atoms with van der Waals surface area (Å²) in [6, 6.07) is 55.4. The molecule has 0 N–H and O–H groups in total. The van der Waals surface area contributed by atoms with Crippen LogP contribution in [0.2, 0.25) is 0 Å². The van der Waals surface area contributed by atoms with Crippen molar-refractivity contribution in [3.63, 3.8) is 0 Å². The van der Waals surface area contributed by atoms with E-state index in [9.17, 15) is 0 Å². The number of aromatic nitrogens is 4. The average Bonchev–Trinajstić information content (AvgIpc) is 3.61. The molecular formula is C40H26N4. The third-order valence-corrected chi connectivity index (χ3v) is 8.55. The minimum atomic E-state index is 0.654. The Morgan fingerprint density at radius 1 is 0.341 bits per heavy atom. The predicted octanol–water partition coefficient (Wildman–Crippen LogP) is 10.0. The van der Waals surface area contributed by atoms with Crippen molar-refractivity contribution < 1.29 is 0 Å². The Bertz CT molecular complexity index is 2380. The van der Waals surface area contributed by atoms with Crippen LogP contribution in [0.3, 0.4) is 0 Å². The van der Waals surface area contributed by atoms with E-state index >= 15 is 0 Å². The summed E-state index contributed by atoms with van der Waals surface area (Å²) in [7, 11) is 0. The first-order valence-electron chi connectivity index (χ1n) is 14.9. The van der Waals surface area contributed by atoms with Crippen LogP contribution in [0.4, 0.5) is 0 Å². The first-order chi connectivity index (χ1) is 21.8. The monoisotopic (exact) mass is 562 g/mol. The molecule has 3 heterocycles. The third-order valence-electron chi connectivity index (χ3n) is 8.55. The number of nitrogens with zero attached hydrogens (tertiary/aromatic N) is 4. The molecule has 0 aliphatic carbocycles. The fourth-order valence-corrected chi connectivity index (χ4v) is 6.56. The van der Waals surface area contributed by atoms with Gasteiger partial charge in [0, 0.05) is 38.4 Å². The molecule has 0 aliphatic heterocycles. The molecule has 0 saturated carbocycles. The highest BCUT2D eigenvalue weighted by atomic mass is 15.2. The lowest BCUT2D eigenvalue weighted by Crippen LogP contribution is -2.04. The Balaban J connectivity index is 1.32. The number of hydrogen-bond donors (Lipinski definition) is 0.